The molecule has 2 aliphatic rings. The molecule has 3 heterocycles. The monoisotopic (exact) mass is 416 g/mol. The zero-order chi connectivity index (χ0) is 21.0. The van der Waals surface area contributed by atoms with Gasteiger partial charge in [0.1, 0.15) is 0 Å². The van der Waals surface area contributed by atoms with Crippen LogP contribution >= 0.6 is 0 Å². The van der Waals surface area contributed by atoms with E-state index in [0.717, 1.165) is 68.8 Å². The van der Waals surface area contributed by atoms with E-state index in [1.54, 1.807) is 12.1 Å². The third-order valence-corrected chi connectivity index (χ3v) is 5.89. The van der Waals surface area contributed by atoms with E-state index < -0.39 is 11.7 Å². The minimum atomic E-state index is -4.28. The second-order valence-corrected chi connectivity index (χ2v) is 7.94. The van der Waals surface area contributed by atoms with Crippen LogP contribution < -0.4 is 10.2 Å². The van der Waals surface area contributed by atoms with Crippen LogP contribution in [0.1, 0.15) is 29.7 Å². The summed E-state index contributed by atoms with van der Waals surface area (Å²) < 4.78 is 38.0. The fraction of sp³-hybridized carbons (Fsp3) is 0.435. The van der Waals surface area contributed by atoms with Crippen molar-refractivity contribution in [1.82, 2.24) is 15.2 Å². The Kier molecular flexibility index (Phi) is 6.39. The van der Waals surface area contributed by atoms with Crippen LogP contribution in [-0.2, 0) is 19.1 Å². The van der Waals surface area contributed by atoms with Crippen LogP contribution in [0.3, 0.4) is 0 Å². The van der Waals surface area contributed by atoms with Gasteiger partial charge in [0.25, 0.3) is 0 Å². The largest absolute Gasteiger partial charge is 0.416 e. The number of piperidine rings is 1. The number of hydrogen-bond donors (Lipinski definition) is 1. The molecule has 0 amide bonds. The molecule has 160 valence electrons. The molecule has 1 fully saturated rings. The second kappa shape index (κ2) is 9.18. The number of halogens is 3. The number of pyridine rings is 1. The third-order valence-electron chi connectivity index (χ3n) is 5.89. The second-order valence-electron chi connectivity index (χ2n) is 7.94. The molecule has 4 rings (SSSR count). The van der Waals surface area contributed by atoms with Crippen molar-refractivity contribution < 1.29 is 13.2 Å². The van der Waals surface area contributed by atoms with E-state index in [9.17, 15) is 13.2 Å². The molecule has 0 saturated carbocycles. The number of hydrogen-bond acceptors (Lipinski definition) is 4. The molecule has 0 radical (unpaired) electrons. The van der Waals surface area contributed by atoms with Crippen LogP contribution in [0.5, 0.6) is 0 Å². The number of allylic oxidation sites excluding steroid dienone is 1. The summed E-state index contributed by atoms with van der Waals surface area (Å²) in [5.41, 5.74) is 2.62. The Bertz CT molecular complexity index is 855. The first-order valence-corrected chi connectivity index (χ1v) is 10.5. The molecule has 0 aliphatic carbocycles. The Balaban J connectivity index is 1.19. The van der Waals surface area contributed by atoms with Crippen LogP contribution in [0.2, 0.25) is 0 Å². The van der Waals surface area contributed by atoms with Gasteiger partial charge in [-0.2, -0.15) is 13.2 Å². The molecule has 2 aromatic rings. The molecule has 0 unspecified atom stereocenters. The molecular formula is C23H27F3N4. The van der Waals surface area contributed by atoms with Crippen LogP contribution in [0.4, 0.5) is 18.9 Å². The van der Waals surface area contributed by atoms with Crippen molar-refractivity contribution in [2.24, 2.45) is 0 Å². The van der Waals surface area contributed by atoms with Gasteiger partial charge in [0.2, 0.25) is 0 Å². The lowest BCUT2D eigenvalue weighted by Crippen LogP contribution is -2.44. The van der Waals surface area contributed by atoms with E-state index in [1.807, 2.05) is 12.3 Å². The molecule has 7 heteroatoms. The minimum Gasteiger partial charge on any atom is -0.346 e. The number of fused-ring (bicyclic) bond motifs is 1. The highest BCUT2D eigenvalue weighted by Crippen LogP contribution is 2.29. The number of likely N-dealkylation sites (tertiary alicyclic amines) is 1. The van der Waals surface area contributed by atoms with Crippen molar-refractivity contribution in [3.63, 3.8) is 0 Å². The quantitative estimate of drug-likeness (QED) is 0.764. The van der Waals surface area contributed by atoms with Crippen LogP contribution in [0.15, 0.2) is 54.9 Å². The number of rotatable bonds is 6. The fourth-order valence-electron chi connectivity index (χ4n) is 4.10. The van der Waals surface area contributed by atoms with Crippen LogP contribution in [-0.4, -0.2) is 42.1 Å². The van der Waals surface area contributed by atoms with Crippen molar-refractivity contribution in [1.29, 1.82) is 0 Å². The summed E-state index contributed by atoms with van der Waals surface area (Å²) in [5.74, 6) is 0. The van der Waals surface area contributed by atoms with Gasteiger partial charge in [0.05, 0.1) is 16.9 Å². The van der Waals surface area contributed by atoms with Gasteiger partial charge in [-0.3, -0.25) is 4.98 Å². The summed E-state index contributed by atoms with van der Waals surface area (Å²) in [6.45, 7) is 4.61. The van der Waals surface area contributed by atoms with Crippen molar-refractivity contribution in [3.8, 4) is 0 Å². The summed E-state index contributed by atoms with van der Waals surface area (Å²) >= 11 is 0. The van der Waals surface area contributed by atoms with E-state index in [0.29, 0.717) is 12.6 Å². The maximum atomic E-state index is 12.7. The van der Waals surface area contributed by atoms with Crippen LogP contribution in [0, 0.1) is 0 Å². The maximum Gasteiger partial charge on any atom is 0.416 e. The molecule has 0 atom stereocenters. The number of benzene rings is 1. The van der Waals surface area contributed by atoms with Gasteiger partial charge in [-0.1, -0.05) is 18.2 Å². The molecule has 2 aliphatic heterocycles. The summed E-state index contributed by atoms with van der Waals surface area (Å²) in [6.07, 6.45) is 4.88. The lowest BCUT2D eigenvalue weighted by atomic mass is 10.0. The van der Waals surface area contributed by atoms with E-state index in [4.69, 9.17) is 0 Å². The van der Waals surface area contributed by atoms with E-state index in [-0.39, 0.29) is 0 Å². The first kappa shape index (κ1) is 20.9. The Hall–Kier alpha value is -2.38. The standard InChI is InChI=1S/C23H27F3N4/c24-23(25,26)19-7-5-18(6-8-19)17-28-20-9-13-29(14-10-20)15-16-30-12-2-3-21-22(30)4-1-11-27-21/h1-2,4-8,11-12,20,28H,3,9-10,13-17H2. The highest BCUT2D eigenvalue weighted by atomic mass is 19.4. The van der Waals surface area contributed by atoms with Gasteiger partial charge < -0.3 is 15.1 Å². The number of alkyl halides is 3. The zero-order valence-corrected chi connectivity index (χ0v) is 16.9. The summed E-state index contributed by atoms with van der Waals surface area (Å²) in [5, 5.41) is 3.50. The van der Waals surface area contributed by atoms with Gasteiger partial charge in [0, 0.05) is 44.5 Å². The Morgan fingerprint density at radius 1 is 1.03 bits per heavy atom. The average Bonchev–Trinajstić information content (AvgIpc) is 2.76. The lowest BCUT2D eigenvalue weighted by Gasteiger charge is -2.34. The summed E-state index contributed by atoms with van der Waals surface area (Å²) in [7, 11) is 0. The number of aromatic nitrogens is 1. The first-order chi connectivity index (χ1) is 14.5. The minimum absolute atomic E-state index is 0.406. The Labute approximate surface area is 175 Å². The molecule has 1 aromatic heterocycles. The van der Waals surface area contributed by atoms with Crippen molar-refractivity contribution in [2.75, 3.05) is 31.1 Å². The predicted molar refractivity (Wildman–Crippen MR) is 112 cm³/mol. The molecule has 4 nitrogen and oxygen atoms in total. The molecule has 0 spiro atoms. The normalized spacial score (nSPS) is 17.9. The lowest BCUT2D eigenvalue weighted by molar-refractivity contribution is -0.137. The summed E-state index contributed by atoms with van der Waals surface area (Å²) in [4.78, 5) is 9.23. The first-order valence-electron chi connectivity index (χ1n) is 10.5. The van der Waals surface area contributed by atoms with Gasteiger partial charge in [-0.05, 0) is 55.8 Å². The van der Waals surface area contributed by atoms with Gasteiger partial charge >= 0.3 is 6.18 Å². The van der Waals surface area contributed by atoms with E-state index in [2.05, 4.69) is 38.4 Å². The van der Waals surface area contributed by atoms with Gasteiger partial charge in [0.15, 0.2) is 0 Å². The molecule has 1 N–H and O–H groups in total. The molecule has 1 saturated heterocycles. The third kappa shape index (κ3) is 5.21. The SMILES string of the molecule is FC(F)(F)c1ccc(CNC2CCN(CCN3C=CCc4ncccc43)CC2)cc1. The number of nitrogens with one attached hydrogen (secondary N) is 1. The van der Waals surface area contributed by atoms with E-state index in [1.165, 1.54) is 5.69 Å². The van der Waals surface area contributed by atoms with Crippen LogP contribution in [0.25, 0.3) is 0 Å². The molecule has 30 heavy (non-hydrogen) atoms. The van der Waals surface area contributed by atoms with Gasteiger partial charge in [-0.15, -0.1) is 0 Å². The molecule has 1 aromatic carbocycles. The van der Waals surface area contributed by atoms with Crippen molar-refractivity contribution in [3.05, 3.63) is 71.7 Å². The maximum absolute atomic E-state index is 12.7. The highest BCUT2D eigenvalue weighted by molar-refractivity contribution is 5.55. The van der Waals surface area contributed by atoms with Crippen molar-refractivity contribution >= 4 is 5.69 Å². The zero-order valence-electron chi connectivity index (χ0n) is 16.9. The number of nitrogens with zero attached hydrogens (tertiary/aromatic N) is 3. The fourth-order valence-corrected chi connectivity index (χ4v) is 4.10. The summed E-state index contributed by atoms with van der Waals surface area (Å²) in [6, 6.07) is 9.95. The van der Waals surface area contributed by atoms with E-state index >= 15 is 0 Å². The Morgan fingerprint density at radius 3 is 2.53 bits per heavy atom. The molecular weight excluding hydrogens is 389 g/mol. The highest BCUT2D eigenvalue weighted by Gasteiger charge is 2.30. The number of anilines is 1. The average molecular weight is 416 g/mol. The predicted octanol–water partition coefficient (Wildman–Crippen LogP) is 4.23. The Morgan fingerprint density at radius 2 is 1.80 bits per heavy atom. The topological polar surface area (TPSA) is 31.4 Å². The molecule has 0 bridgehead atoms. The van der Waals surface area contributed by atoms with Gasteiger partial charge in [-0.25, -0.2) is 0 Å². The smallest absolute Gasteiger partial charge is 0.346 e. The van der Waals surface area contributed by atoms with Crippen molar-refractivity contribution in [2.45, 2.75) is 38.0 Å².